The number of hydrogen-bond acceptors (Lipinski definition) is 4. The van der Waals surface area contributed by atoms with E-state index in [9.17, 15) is 9.90 Å². The van der Waals surface area contributed by atoms with Crippen LogP contribution in [0.25, 0.3) is 11.5 Å². The van der Waals surface area contributed by atoms with Gasteiger partial charge in [-0.1, -0.05) is 0 Å². The molecule has 1 amide bonds. The van der Waals surface area contributed by atoms with Crippen molar-refractivity contribution in [3.05, 3.63) is 41.8 Å². The topological polar surface area (TPSA) is 66.6 Å². The molecule has 5 nitrogen and oxygen atoms in total. The third-order valence-corrected chi connectivity index (χ3v) is 4.25. The quantitative estimate of drug-likeness (QED) is 0.945. The van der Waals surface area contributed by atoms with Gasteiger partial charge in [-0.05, 0) is 49.9 Å². The molecule has 1 aliphatic rings. The maximum atomic E-state index is 12.6. The number of carbonyl (C=O) groups is 1. The zero-order chi connectivity index (χ0) is 15.5. The molecule has 1 saturated heterocycles. The predicted octanol–water partition coefficient (Wildman–Crippen LogP) is 2.49. The monoisotopic (exact) mass is 300 g/mol. The number of piperidine rings is 1. The number of hydrogen-bond donors (Lipinski definition) is 1. The van der Waals surface area contributed by atoms with Crippen LogP contribution in [-0.2, 0) is 0 Å². The van der Waals surface area contributed by atoms with Gasteiger partial charge in [0.05, 0.1) is 17.5 Å². The summed E-state index contributed by atoms with van der Waals surface area (Å²) in [5.41, 5.74) is 2.08. The second-order valence-corrected chi connectivity index (χ2v) is 5.72. The molecule has 0 unspecified atom stereocenters. The van der Waals surface area contributed by atoms with Gasteiger partial charge in [0, 0.05) is 19.7 Å². The molecular weight excluding hydrogens is 280 g/mol. The summed E-state index contributed by atoms with van der Waals surface area (Å²) in [6, 6.07) is 7.31. The molecule has 1 fully saturated rings. The van der Waals surface area contributed by atoms with E-state index in [-0.39, 0.29) is 12.5 Å². The van der Waals surface area contributed by atoms with E-state index in [4.69, 9.17) is 4.42 Å². The summed E-state index contributed by atoms with van der Waals surface area (Å²) in [4.78, 5) is 18.9. The minimum Gasteiger partial charge on any atom is -0.463 e. The van der Waals surface area contributed by atoms with Gasteiger partial charge >= 0.3 is 0 Å². The lowest BCUT2D eigenvalue weighted by molar-refractivity contribution is 0.0649. The highest BCUT2D eigenvalue weighted by atomic mass is 16.3. The molecule has 1 aliphatic heterocycles. The van der Waals surface area contributed by atoms with Crippen LogP contribution < -0.4 is 0 Å². The molecule has 0 spiro atoms. The summed E-state index contributed by atoms with van der Waals surface area (Å²) in [7, 11) is 0. The Hall–Kier alpha value is -2.14. The highest BCUT2D eigenvalue weighted by Crippen LogP contribution is 2.22. The molecule has 0 atom stereocenters. The van der Waals surface area contributed by atoms with Gasteiger partial charge in [0.15, 0.2) is 5.76 Å². The second-order valence-electron chi connectivity index (χ2n) is 5.72. The van der Waals surface area contributed by atoms with Crippen molar-refractivity contribution in [3.8, 4) is 11.5 Å². The largest absolute Gasteiger partial charge is 0.463 e. The number of furan rings is 1. The summed E-state index contributed by atoms with van der Waals surface area (Å²) in [5, 5.41) is 9.18. The lowest BCUT2D eigenvalue weighted by atomic mass is 9.97. The van der Waals surface area contributed by atoms with E-state index in [0.29, 0.717) is 36.0 Å². The van der Waals surface area contributed by atoms with E-state index in [1.165, 1.54) is 0 Å². The fourth-order valence-corrected chi connectivity index (χ4v) is 2.84. The molecule has 0 radical (unpaired) electrons. The number of likely N-dealkylation sites (tertiary alicyclic amines) is 1. The van der Waals surface area contributed by atoms with E-state index >= 15 is 0 Å². The van der Waals surface area contributed by atoms with Crippen molar-refractivity contribution in [1.82, 2.24) is 9.88 Å². The van der Waals surface area contributed by atoms with Crippen molar-refractivity contribution in [1.29, 1.82) is 0 Å². The standard InChI is InChI=1S/C17H20N2O3/c1-12-14(4-5-15(18-12)16-3-2-10-22-16)17(21)19-8-6-13(11-20)7-9-19/h2-5,10,13,20H,6-9,11H2,1H3. The van der Waals surface area contributed by atoms with Crippen LogP contribution in [0.5, 0.6) is 0 Å². The Balaban J connectivity index is 1.76. The Labute approximate surface area is 129 Å². The average molecular weight is 300 g/mol. The highest BCUT2D eigenvalue weighted by molar-refractivity contribution is 5.95. The molecule has 1 N–H and O–H groups in total. The Kier molecular flexibility index (Phi) is 4.24. The van der Waals surface area contributed by atoms with E-state index < -0.39 is 0 Å². The Bertz CT molecular complexity index is 644. The summed E-state index contributed by atoms with van der Waals surface area (Å²) >= 11 is 0. The number of carbonyl (C=O) groups excluding carboxylic acids is 1. The van der Waals surface area contributed by atoms with Gasteiger partial charge < -0.3 is 14.4 Å². The van der Waals surface area contributed by atoms with Gasteiger partial charge in [0.25, 0.3) is 5.91 Å². The van der Waals surface area contributed by atoms with E-state index in [2.05, 4.69) is 4.98 Å². The number of amides is 1. The number of aliphatic hydroxyl groups is 1. The minimum absolute atomic E-state index is 0.0207. The van der Waals surface area contributed by atoms with Gasteiger partial charge in [-0.25, -0.2) is 4.98 Å². The lowest BCUT2D eigenvalue weighted by Crippen LogP contribution is -2.39. The molecule has 5 heteroatoms. The Morgan fingerprint density at radius 3 is 2.73 bits per heavy atom. The SMILES string of the molecule is Cc1nc(-c2ccco2)ccc1C(=O)N1CCC(CO)CC1. The van der Waals surface area contributed by atoms with Crippen LogP contribution >= 0.6 is 0 Å². The van der Waals surface area contributed by atoms with Crippen molar-refractivity contribution in [2.45, 2.75) is 19.8 Å². The number of aliphatic hydroxyl groups excluding tert-OH is 1. The first-order valence-electron chi connectivity index (χ1n) is 7.60. The third kappa shape index (κ3) is 2.90. The highest BCUT2D eigenvalue weighted by Gasteiger charge is 2.24. The number of aryl methyl sites for hydroxylation is 1. The zero-order valence-corrected chi connectivity index (χ0v) is 12.7. The maximum Gasteiger partial charge on any atom is 0.255 e. The van der Waals surface area contributed by atoms with Gasteiger partial charge in [-0.2, -0.15) is 0 Å². The van der Waals surface area contributed by atoms with E-state index in [1.54, 1.807) is 6.26 Å². The van der Waals surface area contributed by atoms with Crippen LogP contribution in [-0.4, -0.2) is 40.6 Å². The molecule has 0 saturated carbocycles. The van der Waals surface area contributed by atoms with Crippen LogP contribution in [0.15, 0.2) is 34.9 Å². The first-order valence-corrected chi connectivity index (χ1v) is 7.60. The van der Waals surface area contributed by atoms with Crippen LogP contribution in [0.1, 0.15) is 28.9 Å². The lowest BCUT2D eigenvalue weighted by Gasteiger charge is -2.31. The molecular formula is C17H20N2O3. The van der Waals surface area contributed by atoms with Gasteiger partial charge in [-0.3, -0.25) is 4.79 Å². The van der Waals surface area contributed by atoms with Crippen molar-refractivity contribution >= 4 is 5.91 Å². The van der Waals surface area contributed by atoms with Crippen LogP contribution in [0.4, 0.5) is 0 Å². The van der Waals surface area contributed by atoms with Gasteiger partial charge in [0.2, 0.25) is 0 Å². The molecule has 116 valence electrons. The van der Waals surface area contributed by atoms with Crippen LogP contribution in [0, 0.1) is 12.8 Å². The first kappa shape index (κ1) is 14.8. The van der Waals surface area contributed by atoms with E-state index in [0.717, 1.165) is 18.5 Å². The minimum atomic E-state index is 0.0207. The Morgan fingerprint density at radius 2 is 2.14 bits per heavy atom. The average Bonchev–Trinajstić information content (AvgIpc) is 3.09. The van der Waals surface area contributed by atoms with Crippen molar-refractivity contribution in [3.63, 3.8) is 0 Å². The molecule has 3 rings (SSSR count). The number of pyridine rings is 1. The Morgan fingerprint density at radius 1 is 1.36 bits per heavy atom. The smallest absolute Gasteiger partial charge is 0.255 e. The number of nitrogens with zero attached hydrogens (tertiary/aromatic N) is 2. The summed E-state index contributed by atoms with van der Waals surface area (Å²) in [6.07, 6.45) is 3.33. The van der Waals surface area contributed by atoms with E-state index in [1.807, 2.05) is 36.1 Å². The molecule has 2 aromatic heterocycles. The predicted molar refractivity (Wildman–Crippen MR) is 82.4 cm³/mol. The molecule has 22 heavy (non-hydrogen) atoms. The first-order chi connectivity index (χ1) is 10.7. The zero-order valence-electron chi connectivity index (χ0n) is 12.7. The van der Waals surface area contributed by atoms with Gasteiger partial charge in [-0.15, -0.1) is 0 Å². The fraction of sp³-hybridized carbons (Fsp3) is 0.412. The normalized spacial score (nSPS) is 16.0. The molecule has 2 aromatic rings. The summed E-state index contributed by atoms with van der Waals surface area (Å²) in [6.45, 7) is 3.45. The van der Waals surface area contributed by atoms with Crippen molar-refractivity contribution in [2.75, 3.05) is 19.7 Å². The van der Waals surface area contributed by atoms with Crippen molar-refractivity contribution in [2.24, 2.45) is 5.92 Å². The van der Waals surface area contributed by atoms with Crippen molar-refractivity contribution < 1.29 is 14.3 Å². The summed E-state index contributed by atoms with van der Waals surface area (Å²) < 4.78 is 5.33. The number of rotatable bonds is 3. The fourth-order valence-electron chi connectivity index (χ4n) is 2.84. The molecule has 3 heterocycles. The van der Waals surface area contributed by atoms with Crippen LogP contribution in [0.2, 0.25) is 0 Å². The van der Waals surface area contributed by atoms with Crippen LogP contribution in [0.3, 0.4) is 0 Å². The molecule has 0 bridgehead atoms. The number of aromatic nitrogens is 1. The third-order valence-electron chi connectivity index (χ3n) is 4.25. The maximum absolute atomic E-state index is 12.6. The molecule has 0 aromatic carbocycles. The molecule has 0 aliphatic carbocycles. The summed E-state index contributed by atoms with van der Waals surface area (Å²) in [5.74, 6) is 1.04. The second kappa shape index (κ2) is 6.32. The van der Waals surface area contributed by atoms with Gasteiger partial charge in [0.1, 0.15) is 5.69 Å².